The van der Waals surface area contributed by atoms with E-state index >= 15 is 0 Å². The summed E-state index contributed by atoms with van der Waals surface area (Å²) in [6.45, 7) is 1.86. The van der Waals surface area contributed by atoms with Gasteiger partial charge >= 0.3 is 0 Å². The van der Waals surface area contributed by atoms with E-state index < -0.39 is 0 Å². The fourth-order valence-corrected chi connectivity index (χ4v) is 3.06. The molecule has 0 bridgehead atoms. The van der Waals surface area contributed by atoms with Crippen molar-refractivity contribution in [3.63, 3.8) is 0 Å². The average Bonchev–Trinajstić information content (AvgIpc) is 2.20. The summed E-state index contributed by atoms with van der Waals surface area (Å²) >= 11 is 8.22. The first kappa shape index (κ1) is 11.5. The van der Waals surface area contributed by atoms with Crippen LogP contribution in [0.1, 0.15) is 12.8 Å². The van der Waals surface area contributed by atoms with Crippen LogP contribution in [0, 0.1) is 3.57 Å². The second kappa shape index (κ2) is 4.89. The van der Waals surface area contributed by atoms with Gasteiger partial charge in [-0.15, -0.1) is 0 Å². The van der Waals surface area contributed by atoms with Crippen molar-refractivity contribution >= 4 is 39.9 Å². The molecule has 2 nitrogen and oxygen atoms in total. The number of hydrogen-bond acceptors (Lipinski definition) is 2. The fraction of sp³-hybridized carbons (Fsp3) is 0.455. The van der Waals surface area contributed by atoms with Crippen molar-refractivity contribution in [2.75, 3.05) is 18.0 Å². The smallest absolute Gasteiger partial charge is 0.0574 e. The Hall–Kier alpha value is -0.000000000000000111. The molecule has 0 aliphatic carbocycles. The molecule has 82 valence electrons. The lowest BCUT2D eigenvalue weighted by molar-refractivity contribution is 0.145. The minimum Gasteiger partial charge on any atom is -0.393 e. The fourth-order valence-electron chi connectivity index (χ4n) is 1.84. The van der Waals surface area contributed by atoms with Gasteiger partial charge in [0.25, 0.3) is 0 Å². The molecule has 0 spiro atoms. The molecule has 0 unspecified atom stereocenters. The molecule has 2 rings (SSSR count). The topological polar surface area (TPSA) is 23.5 Å². The van der Waals surface area contributed by atoms with Gasteiger partial charge < -0.3 is 10.0 Å². The standard InChI is InChI=1S/C11H13ClINO/c12-8-1-2-11(10(13)7-8)14-5-3-9(15)4-6-14/h1-2,7,9,15H,3-6H2. The summed E-state index contributed by atoms with van der Waals surface area (Å²) in [4.78, 5) is 2.31. The Bertz CT molecular complexity index is 350. The van der Waals surface area contributed by atoms with E-state index in [1.54, 1.807) is 0 Å². The molecule has 0 radical (unpaired) electrons. The number of hydrogen-bond donors (Lipinski definition) is 1. The normalized spacial score (nSPS) is 18.2. The van der Waals surface area contributed by atoms with Crippen molar-refractivity contribution in [2.24, 2.45) is 0 Å². The third-order valence-corrected chi connectivity index (χ3v) is 3.81. The Labute approximate surface area is 108 Å². The zero-order valence-electron chi connectivity index (χ0n) is 8.29. The van der Waals surface area contributed by atoms with Gasteiger partial charge in [0.2, 0.25) is 0 Å². The van der Waals surface area contributed by atoms with Gasteiger partial charge in [0.05, 0.1) is 11.8 Å². The zero-order valence-corrected chi connectivity index (χ0v) is 11.2. The van der Waals surface area contributed by atoms with Gasteiger partial charge in [-0.1, -0.05) is 11.6 Å². The number of aliphatic hydroxyl groups excluding tert-OH is 1. The van der Waals surface area contributed by atoms with Crippen LogP contribution in [0.3, 0.4) is 0 Å². The van der Waals surface area contributed by atoms with E-state index in [0.717, 1.165) is 31.0 Å². The van der Waals surface area contributed by atoms with E-state index in [-0.39, 0.29) is 6.10 Å². The van der Waals surface area contributed by atoms with Crippen LogP contribution in [0.25, 0.3) is 0 Å². The molecular formula is C11H13ClINO. The van der Waals surface area contributed by atoms with Gasteiger partial charge in [-0.25, -0.2) is 0 Å². The predicted octanol–water partition coefficient (Wildman–Crippen LogP) is 2.91. The largest absolute Gasteiger partial charge is 0.393 e. The van der Waals surface area contributed by atoms with E-state index in [9.17, 15) is 5.11 Å². The maximum atomic E-state index is 9.44. The maximum Gasteiger partial charge on any atom is 0.0574 e. The Kier molecular flexibility index (Phi) is 3.74. The van der Waals surface area contributed by atoms with Gasteiger partial charge in [-0.2, -0.15) is 0 Å². The van der Waals surface area contributed by atoms with E-state index in [0.29, 0.717) is 0 Å². The number of anilines is 1. The summed E-state index contributed by atoms with van der Waals surface area (Å²) in [5.41, 5.74) is 1.23. The van der Waals surface area contributed by atoms with Gasteiger partial charge in [-0.3, -0.25) is 0 Å². The Morgan fingerprint density at radius 2 is 2.00 bits per heavy atom. The molecule has 0 amide bonds. The van der Waals surface area contributed by atoms with Crippen molar-refractivity contribution in [1.29, 1.82) is 0 Å². The van der Waals surface area contributed by atoms with Crippen molar-refractivity contribution in [2.45, 2.75) is 18.9 Å². The lowest BCUT2D eigenvalue weighted by Gasteiger charge is -2.32. The van der Waals surface area contributed by atoms with Gasteiger partial charge in [0, 0.05) is 21.7 Å². The number of benzene rings is 1. The molecule has 1 aliphatic rings. The van der Waals surface area contributed by atoms with E-state index in [1.807, 2.05) is 12.1 Å². The third kappa shape index (κ3) is 2.77. The predicted molar refractivity (Wildman–Crippen MR) is 71.6 cm³/mol. The Morgan fingerprint density at radius 3 is 2.60 bits per heavy atom. The second-order valence-corrected chi connectivity index (χ2v) is 5.41. The van der Waals surface area contributed by atoms with Crippen LogP contribution in [0.15, 0.2) is 18.2 Å². The summed E-state index contributed by atoms with van der Waals surface area (Å²) in [5, 5.41) is 10.2. The number of nitrogens with zero attached hydrogens (tertiary/aromatic N) is 1. The minimum atomic E-state index is -0.119. The highest BCUT2D eigenvalue weighted by Crippen LogP contribution is 2.28. The molecule has 15 heavy (non-hydrogen) atoms. The molecule has 0 atom stereocenters. The first-order valence-corrected chi connectivity index (χ1v) is 6.50. The molecule has 1 fully saturated rings. The summed E-state index contributed by atoms with van der Waals surface area (Å²) in [6, 6.07) is 5.95. The molecule has 0 aromatic heterocycles. The molecule has 1 aromatic rings. The maximum absolute atomic E-state index is 9.44. The van der Waals surface area contributed by atoms with Crippen LogP contribution in [0.2, 0.25) is 5.02 Å². The number of halogens is 2. The molecular weight excluding hydrogens is 324 g/mol. The SMILES string of the molecule is OC1CCN(c2ccc(Cl)cc2I)CC1. The highest BCUT2D eigenvalue weighted by molar-refractivity contribution is 14.1. The van der Waals surface area contributed by atoms with Gasteiger partial charge in [0.1, 0.15) is 0 Å². The second-order valence-electron chi connectivity index (χ2n) is 3.81. The van der Waals surface area contributed by atoms with E-state index in [4.69, 9.17) is 11.6 Å². The number of piperidine rings is 1. The van der Waals surface area contributed by atoms with E-state index in [1.165, 1.54) is 9.26 Å². The quantitative estimate of drug-likeness (QED) is 0.797. The van der Waals surface area contributed by atoms with Crippen LogP contribution in [-0.2, 0) is 0 Å². The molecule has 1 heterocycles. The minimum absolute atomic E-state index is 0.119. The van der Waals surface area contributed by atoms with Crippen molar-refractivity contribution in [3.05, 3.63) is 26.8 Å². The molecule has 4 heteroatoms. The van der Waals surface area contributed by atoms with Crippen LogP contribution in [-0.4, -0.2) is 24.3 Å². The zero-order chi connectivity index (χ0) is 10.8. The molecule has 1 aromatic carbocycles. The summed E-state index contributed by atoms with van der Waals surface area (Å²) < 4.78 is 1.18. The van der Waals surface area contributed by atoms with Crippen LogP contribution < -0.4 is 4.90 Å². The first-order valence-electron chi connectivity index (χ1n) is 5.05. The third-order valence-electron chi connectivity index (χ3n) is 2.71. The number of aliphatic hydroxyl groups is 1. The van der Waals surface area contributed by atoms with E-state index in [2.05, 4.69) is 33.6 Å². The van der Waals surface area contributed by atoms with Crippen molar-refractivity contribution in [3.8, 4) is 0 Å². The summed E-state index contributed by atoms with van der Waals surface area (Å²) in [7, 11) is 0. The van der Waals surface area contributed by atoms with Crippen molar-refractivity contribution < 1.29 is 5.11 Å². The number of rotatable bonds is 1. The van der Waals surface area contributed by atoms with Gasteiger partial charge in [0.15, 0.2) is 0 Å². The first-order chi connectivity index (χ1) is 7.16. The van der Waals surface area contributed by atoms with Crippen LogP contribution in [0.5, 0.6) is 0 Å². The van der Waals surface area contributed by atoms with Crippen LogP contribution >= 0.6 is 34.2 Å². The highest BCUT2D eigenvalue weighted by Gasteiger charge is 2.18. The lowest BCUT2D eigenvalue weighted by Crippen LogP contribution is -2.36. The van der Waals surface area contributed by atoms with Gasteiger partial charge in [-0.05, 0) is 53.6 Å². The molecule has 1 saturated heterocycles. The van der Waals surface area contributed by atoms with Crippen LogP contribution in [0.4, 0.5) is 5.69 Å². The average molecular weight is 338 g/mol. The Morgan fingerprint density at radius 1 is 1.33 bits per heavy atom. The molecule has 0 saturated carbocycles. The molecule has 1 aliphatic heterocycles. The monoisotopic (exact) mass is 337 g/mol. The summed E-state index contributed by atoms with van der Waals surface area (Å²) in [6.07, 6.45) is 1.60. The highest BCUT2D eigenvalue weighted by atomic mass is 127. The van der Waals surface area contributed by atoms with Crippen molar-refractivity contribution in [1.82, 2.24) is 0 Å². The lowest BCUT2D eigenvalue weighted by atomic mass is 10.1. The Balaban J connectivity index is 2.15. The molecule has 1 N–H and O–H groups in total. The summed E-state index contributed by atoms with van der Waals surface area (Å²) in [5.74, 6) is 0.